The highest BCUT2D eigenvalue weighted by molar-refractivity contribution is 5.95. The number of amides is 1. The summed E-state index contributed by atoms with van der Waals surface area (Å²) in [5.41, 5.74) is 6.51. The minimum atomic E-state index is 0.0435. The van der Waals surface area contributed by atoms with Gasteiger partial charge in [0.15, 0.2) is 11.5 Å². The maximum absolute atomic E-state index is 13.2. The number of carbonyl (C=O) groups excluding carboxylic acids is 1. The number of fused-ring (bicyclic) bond motifs is 1. The number of carbonyl (C=O) groups is 1. The van der Waals surface area contributed by atoms with E-state index < -0.39 is 0 Å². The Kier molecular flexibility index (Phi) is 5.68. The van der Waals surface area contributed by atoms with Gasteiger partial charge in [0.25, 0.3) is 5.91 Å². The van der Waals surface area contributed by atoms with Crippen LogP contribution in [0.25, 0.3) is 0 Å². The van der Waals surface area contributed by atoms with Gasteiger partial charge in [-0.15, -0.1) is 0 Å². The Bertz CT molecular complexity index is 691. The first-order valence-electron chi connectivity index (χ1n) is 9.66. The van der Waals surface area contributed by atoms with Gasteiger partial charge in [-0.05, 0) is 48.9 Å². The molecule has 2 aliphatic rings. The van der Waals surface area contributed by atoms with Crippen LogP contribution in [0.4, 0.5) is 0 Å². The van der Waals surface area contributed by atoms with Crippen LogP contribution in [-0.2, 0) is 4.74 Å². The van der Waals surface area contributed by atoms with Gasteiger partial charge >= 0.3 is 0 Å². The molecule has 0 bridgehead atoms. The molecule has 1 saturated carbocycles. The van der Waals surface area contributed by atoms with E-state index in [0.717, 1.165) is 25.9 Å². The van der Waals surface area contributed by atoms with Gasteiger partial charge in [-0.2, -0.15) is 0 Å². The van der Waals surface area contributed by atoms with Crippen molar-refractivity contribution in [3.63, 3.8) is 0 Å². The van der Waals surface area contributed by atoms with E-state index in [-0.39, 0.29) is 16.7 Å². The van der Waals surface area contributed by atoms with Gasteiger partial charge in [0, 0.05) is 31.2 Å². The highest BCUT2D eigenvalue weighted by Crippen LogP contribution is 2.62. The molecule has 6 nitrogen and oxygen atoms in total. The van der Waals surface area contributed by atoms with E-state index >= 15 is 0 Å². The van der Waals surface area contributed by atoms with Crippen LogP contribution in [0.1, 0.15) is 37.0 Å². The summed E-state index contributed by atoms with van der Waals surface area (Å²) in [7, 11) is 3.34. The first kappa shape index (κ1) is 20.0. The predicted octanol–water partition coefficient (Wildman–Crippen LogP) is 2.56. The van der Waals surface area contributed by atoms with Crippen molar-refractivity contribution in [2.24, 2.45) is 22.5 Å². The molecule has 2 N–H and O–H groups in total. The number of hydrogen-bond donors (Lipinski definition) is 1. The topological polar surface area (TPSA) is 74.0 Å². The van der Waals surface area contributed by atoms with Crippen molar-refractivity contribution in [2.75, 3.05) is 47.1 Å². The highest BCUT2D eigenvalue weighted by Gasteiger charge is 2.63. The van der Waals surface area contributed by atoms with Crippen LogP contribution in [0, 0.1) is 16.7 Å². The quantitative estimate of drug-likeness (QED) is 0.706. The molecule has 1 amide bonds. The van der Waals surface area contributed by atoms with E-state index in [1.165, 1.54) is 0 Å². The van der Waals surface area contributed by atoms with Crippen LogP contribution >= 0.6 is 0 Å². The maximum atomic E-state index is 13.2. The van der Waals surface area contributed by atoms with Crippen LogP contribution in [0.5, 0.6) is 11.5 Å². The number of ether oxygens (including phenoxy) is 3. The number of nitrogens with zero attached hydrogens (tertiary/aromatic N) is 1. The molecule has 6 heteroatoms. The van der Waals surface area contributed by atoms with E-state index in [1.54, 1.807) is 26.4 Å². The molecule has 3 rings (SSSR count). The molecule has 27 heavy (non-hydrogen) atoms. The van der Waals surface area contributed by atoms with Crippen LogP contribution < -0.4 is 15.2 Å². The summed E-state index contributed by atoms with van der Waals surface area (Å²) >= 11 is 0. The third kappa shape index (κ3) is 3.65. The first-order valence-corrected chi connectivity index (χ1v) is 9.66. The summed E-state index contributed by atoms with van der Waals surface area (Å²) in [6.45, 7) is 7.89. The molecule has 1 aromatic carbocycles. The van der Waals surface area contributed by atoms with Crippen LogP contribution in [0.15, 0.2) is 18.2 Å². The molecule has 2 atom stereocenters. The zero-order chi connectivity index (χ0) is 19.7. The summed E-state index contributed by atoms with van der Waals surface area (Å²) < 4.78 is 16.6. The predicted molar refractivity (Wildman–Crippen MR) is 104 cm³/mol. The van der Waals surface area contributed by atoms with Gasteiger partial charge in [0.2, 0.25) is 0 Å². The van der Waals surface area contributed by atoms with Crippen molar-refractivity contribution in [2.45, 2.75) is 26.7 Å². The second-order valence-corrected chi connectivity index (χ2v) is 8.56. The fraction of sp³-hybridized carbons (Fsp3) is 0.667. The van der Waals surface area contributed by atoms with Gasteiger partial charge in [-0.3, -0.25) is 4.79 Å². The van der Waals surface area contributed by atoms with Crippen molar-refractivity contribution in [3.8, 4) is 11.5 Å². The Hall–Kier alpha value is -1.79. The zero-order valence-corrected chi connectivity index (χ0v) is 16.9. The van der Waals surface area contributed by atoms with E-state index in [9.17, 15) is 4.79 Å². The molecule has 0 spiro atoms. The maximum Gasteiger partial charge on any atom is 0.254 e. The Morgan fingerprint density at radius 2 is 2.07 bits per heavy atom. The lowest BCUT2D eigenvalue weighted by atomic mass is 9.48. The minimum Gasteiger partial charge on any atom is -0.493 e. The van der Waals surface area contributed by atoms with Crippen LogP contribution in [0.3, 0.4) is 0 Å². The molecule has 1 aliphatic carbocycles. The normalized spacial score (nSPS) is 25.7. The van der Waals surface area contributed by atoms with Gasteiger partial charge in [-0.1, -0.05) is 13.8 Å². The number of methoxy groups -OCH3 is 2. The van der Waals surface area contributed by atoms with E-state index in [0.29, 0.717) is 42.7 Å². The fourth-order valence-corrected chi connectivity index (χ4v) is 5.13. The number of rotatable bonds is 8. The average Bonchev–Trinajstić information content (AvgIpc) is 2.96. The summed E-state index contributed by atoms with van der Waals surface area (Å²) in [6.07, 6.45) is 1.85. The number of likely N-dealkylation sites (tertiary alicyclic amines) is 1. The summed E-state index contributed by atoms with van der Waals surface area (Å²) in [5.74, 6) is 1.74. The van der Waals surface area contributed by atoms with Crippen LogP contribution in [0.2, 0.25) is 0 Å². The lowest BCUT2D eigenvalue weighted by Crippen LogP contribution is -2.55. The number of hydrogen-bond acceptors (Lipinski definition) is 5. The standard InChI is InChI=1S/C21H32N2O4/c1-20(2)12-21(14-25-3)13-23(11-18(20)21)19(24)15-6-7-16(26-4)17(10-15)27-9-5-8-22/h6-7,10,18H,5,8-9,11-14,22H2,1-4H3/t18-,21-/m1/s1. The van der Waals surface area contributed by atoms with Gasteiger partial charge in [-0.25, -0.2) is 0 Å². The molecular weight excluding hydrogens is 344 g/mol. The van der Waals surface area contributed by atoms with Crippen LogP contribution in [-0.4, -0.2) is 57.9 Å². The average molecular weight is 376 g/mol. The Balaban J connectivity index is 1.77. The lowest BCUT2D eigenvalue weighted by Gasteiger charge is -2.56. The van der Waals surface area contributed by atoms with Gasteiger partial charge in [0.05, 0.1) is 20.3 Å². The third-order valence-corrected chi connectivity index (χ3v) is 6.13. The molecule has 0 aromatic heterocycles. The van der Waals surface area contributed by atoms with Crippen molar-refractivity contribution in [1.29, 1.82) is 0 Å². The zero-order valence-electron chi connectivity index (χ0n) is 16.9. The van der Waals surface area contributed by atoms with E-state index in [2.05, 4.69) is 13.8 Å². The van der Waals surface area contributed by atoms with Gasteiger partial charge < -0.3 is 24.8 Å². The van der Waals surface area contributed by atoms with Crippen molar-refractivity contribution in [1.82, 2.24) is 4.90 Å². The number of nitrogens with two attached hydrogens (primary N) is 1. The molecule has 1 saturated heterocycles. The smallest absolute Gasteiger partial charge is 0.254 e. The SMILES string of the molecule is COC[C@@]12CN(C(=O)c3ccc(OC)c(OCCCN)c3)C[C@@H]1C(C)(C)C2. The second-order valence-electron chi connectivity index (χ2n) is 8.56. The van der Waals surface area contributed by atoms with Crippen molar-refractivity contribution in [3.05, 3.63) is 23.8 Å². The summed E-state index contributed by atoms with van der Waals surface area (Å²) in [4.78, 5) is 15.2. The monoisotopic (exact) mass is 376 g/mol. The molecule has 150 valence electrons. The van der Waals surface area contributed by atoms with E-state index in [4.69, 9.17) is 19.9 Å². The molecule has 1 aromatic rings. The highest BCUT2D eigenvalue weighted by atomic mass is 16.5. The minimum absolute atomic E-state index is 0.0435. The molecule has 0 radical (unpaired) electrons. The van der Waals surface area contributed by atoms with Crippen molar-refractivity contribution >= 4 is 5.91 Å². The largest absolute Gasteiger partial charge is 0.493 e. The van der Waals surface area contributed by atoms with Gasteiger partial charge in [0.1, 0.15) is 0 Å². The second kappa shape index (κ2) is 7.68. The van der Waals surface area contributed by atoms with Crippen molar-refractivity contribution < 1.29 is 19.0 Å². The molecule has 0 unspecified atom stereocenters. The molecule has 2 fully saturated rings. The fourth-order valence-electron chi connectivity index (χ4n) is 5.13. The Morgan fingerprint density at radius 3 is 2.70 bits per heavy atom. The van der Waals surface area contributed by atoms with E-state index in [1.807, 2.05) is 11.0 Å². The Morgan fingerprint density at radius 1 is 1.30 bits per heavy atom. The Labute approximate surface area is 161 Å². The summed E-state index contributed by atoms with van der Waals surface area (Å²) in [6, 6.07) is 5.39. The summed E-state index contributed by atoms with van der Waals surface area (Å²) in [5, 5.41) is 0. The molecule has 1 heterocycles. The first-order chi connectivity index (χ1) is 12.9. The third-order valence-electron chi connectivity index (χ3n) is 6.13. The molecule has 1 aliphatic heterocycles. The number of benzene rings is 1. The lowest BCUT2D eigenvalue weighted by molar-refractivity contribution is -0.107. The molecular formula is C21H32N2O4.